The highest BCUT2D eigenvalue weighted by Crippen LogP contribution is 2.17. The second kappa shape index (κ2) is 14.1. The number of rotatable bonds is 15. The first-order chi connectivity index (χ1) is 11.5. The zero-order valence-electron chi connectivity index (χ0n) is 14.8. The maximum absolute atomic E-state index is 11.2. The topological polar surface area (TPSA) is 114 Å². The van der Waals surface area contributed by atoms with Gasteiger partial charge in [0.05, 0.1) is 25.6 Å². The lowest BCUT2D eigenvalue weighted by Gasteiger charge is -2.28. The number of carboxylic acid groups (broad SMARTS) is 1. The highest BCUT2D eigenvalue weighted by Gasteiger charge is 2.39. The van der Waals surface area contributed by atoms with E-state index < -0.39 is 20.7 Å². The van der Waals surface area contributed by atoms with Crippen LogP contribution in [0.3, 0.4) is 0 Å². The van der Waals surface area contributed by atoms with Crippen molar-refractivity contribution in [1.29, 1.82) is 0 Å². The molecular weight excluding hydrogens is 332 g/mol. The summed E-state index contributed by atoms with van der Waals surface area (Å²) in [5.41, 5.74) is 0. The van der Waals surface area contributed by atoms with Crippen molar-refractivity contribution in [2.45, 2.75) is 33.2 Å². The summed E-state index contributed by atoms with van der Waals surface area (Å²) in [6, 6.07) is 0.764. The predicted octanol–water partition coefficient (Wildman–Crippen LogP) is -1.59. The van der Waals surface area contributed by atoms with Gasteiger partial charge in [-0.25, -0.2) is 0 Å². The van der Waals surface area contributed by atoms with E-state index in [1.165, 1.54) is 0 Å². The first kappa shape index (κ1) is 22.7. The summed E-state index contributed by atoms with van der Waals surface area (Å²) in [5, 5.41) is 14.8. The number of nitrogens with two attached hydrogens (primary N) is 1. The molecule has 0 saturated carbocycles. The fourth-order valence-corrected chi connectivity index (χ4v) is 4.75. The average molecular weight is 362 g/mol. The molecule has 0 aliphatic carbocycles. The SMILES string of the molecule is CCO[Si](CCC[NH2+]CCNC(=O)/C=C/C(=O)[O-])(OCC)OCC. The molecule has 0 radical (unpaired) electrons. The molecule has 0 aliphatic rings. The van der Waals surface area contributed by atoms with Crippen molar-refractivity contribution in [2.75, 3.05) is 39.5 Å². The third-order valence-electron chi connectivity index (χ3n) is 3.00. The number of hydrogen-bond donors (Lipinski definition) is 2. The van der Waals surface area contributed by atoms with Gasteiger partial charge in [0.2, 0.25) is 5.91 Å². The summed E-state index contributed by atoms with van der Waals surface area (Å²) in [5.74, 6) is -1.83. The van der Waals surface area contributed by atoms with Crippen molar-refractivity contribution in [3.05, 3.63) is 12.2 Å². The zero-order chi connectivity index (χ0) is 18.3. The summed E-state index contributed by atoms with van der Waals surface area (Å²) in [4.78, 5) is 21.4. The van der Waals surface area contributed by atoms with E-state index in [0.29, 0.717) is 39.0 Å². The van der Waals surface area contributed by atoms with Crippen molar-refractivity contribution in [3.63, 3.8) is 0 Å². The van der Waals surface area contributed by atoms with Gasteiger partial charge in [0.25, 0.3) is 0 Å². The summed E-state index contributed by atoms with van der Waals surface area (Å²) >= 11 is 0. The van der Waals surface area contributed by atoms with Gasteiger partial charge in [-0.15, -0.1) is 0 Å². The standard InChI is InChI=1S/C15H30N2O6Si/c1-4-21-24(22-5-2,23-6-3)13-7-10-16-11-12-17-14(18)8-9-15(19)20/h8-9,16H,4-7,10-13H2,1-3H3,(H,17,18)(H,19,20)/b9-8+. The van der Waals surface area contributed by atoms with E-state index in [0.717, 1.165) is 25.1 Å². The number of aliphatic carboxylic acids is 1. The maximum atomic E-state index is 11.2. The van der Waals surface area contributed by atoms with Crippen LogP contribution in [0.25, 0.3) is 0 Å². The summed E-state index contributed by atoms with van der Waals surface area (Å²) in [6.07, 6.45) is 2.55. The Labute approximate surface area is 144 Å². The molecule has 0 heterocycles. The van der Waals surface area contributed by atoms with Gasteiger partial charge in [-0.05, 0) is 26.8 Å². The molecule has 140 valence electrons. The van der Waals surface area contributed by atoms with Crippen molar-refractivity contribution >= 4 is 20.7 Å². The van der Waals surface area contributed by atoms with Crippen LogP contribution < -0.4 is 15.7 Å². The van der Waals surface area contributed by atoms with Crippen LogP contribution in [0.5, 0.6) is 0 Å². The van der Waals surface area contributed by atoms with Crippen LogP contribution in [0.2, 0.25) is 6.04 Å². The second-order valence-corrected chi connectivity index (χ2v) is 7.63. The molecule has 0 unspecified atom stereocenters. The molecule has 0 saturated heterocycles. The van der Waals surface area contributed by atoms with Crippen LogP contribution in [-0.2, 0) is 22.9 Å². The minimum absolute atomic E-state index is 0.442. The Kier molecular flexibility index (Phi) is 13.4. The minimum Gasteiger partial charge on any atom is -0.545 e. The average Bonchev–Trinajstić information content (AvgIpc) is 2.52. The molecular formula is C15H30N2O6Si. The zero-order valence-corrected chi connectivity index (χ0v) is 15.8. The lowest BCUT2D eigenvalue weighted by molar-refractivity contribution is -0.652. The molecule has 0 fully saturated rings. The van der Waals surface area contributed by atoms with Gasteiger partial charge < -0.3 is 33.8 Å². The molecule has 0 rings (SSSR count). The number of carbonyl (C=O) groups is 2. The molecule has 1 amide bonds. The molecule has 0 aliphatic heterocycles. The van der Waals surface area contributed by atoms with Gasteiger partial charge in [-0.2, -0.15) is 0 Å². The number of carbonyl (C=O) groups excluding carboxylic acids is 2. The van der Waals surface area contributed by atoms with Crippen molar-refractivity contribution < 1.29 is 33.3 Å². The molecule has 0 atom stereocenters. The van der Waals surface area contributed by atoms with E-state index in [9.17, 15) is 14.7 Å². The van der Waals surface area contributed by atoms with Crippen LogP contribution >= 0.6 is 0 Å². The molecule has 8 nitrogen and oxygen atoms in total. The second-order valence-electron chi connectivity index (χ2n) is 4.90. The predicted molar refractivity (Wildman–Crippen MR) is 88.9 cm³/mol. The summed E-state index contributed by atoms with van der Waals surface area (Å²) < 4.78 is 17.3. The van der Waals surface area contributed by atoms with Gasteiger partial charge in [0.1, 0.15) is 0 Å². The van der Waals surface area contributed by atoms with E-state index >= 15 is 0 Å². The Morgan fingerprint density at radius 2 is 1.62 bits per heavy atom. The quantitative estimate of drug-likeness (QED) is 0.206. The van der Waals surface area contributed by atoms with Gasteiger partial charge in [-0.1, -0.05) is 0 Å². The van der Waals surface area contributed by atoms with Crippen LogP contribution in [0, 0.1) is 0 Å². The number of nitrogens with one attached hydrogen (secondary N) is 1. The number of amides is 1. The molecule has 0 aromatic rings. The normalized spacial score (nSPS) is 11.8. The fraction of sp³-hybridized carbons (Fsp3) is 0.733. The van der Waals surface area contributed by atoms with Gasteiger partial charge in [-0.3, -0.25) is 4.79 Å². The summed E-state index contributed by atoms with van der Waals surface area (Å²) in [6.45, 7) is 9.55. The number of hydrogen-bond acceptors (Lipinski definition) is 6. The van der Waals surface area contributed by atoms with E-state index in [-0.39, 0.29) is 0 Å². The molecule has 0 aromatic carbocycles. The Morgan fingerprint density at radius 1 is 1.04 bits per heavy atom. The first-order valence-electron chi connectivity index (χ1n) is 8.40. The van der Waals surface area contributed by atoms with Crippen LogP contribution in [-0.4, -0.2) is 60.1 Å². The van der Waals surface area contributed by atoms with Crippen LogP contribution in [0.15, 0.2) is 12.2 Å². The third kappa shape index (κ3) is 11.3. The molecule has 24 heavy (non-hydrogen) atoms. The van der Waals surface area contributed by atoms with Crippen molar-refractivity contribution in [2.24, 2.45) is 0 Å². The molecule has 9 heteroatoms. The first-order valence-corrected chi connectivity index (χ1v) is 10.3. The van der Waals surface area contributed by atoms with E-state index in [4.69, 9.17) is 13.3 Å². The van der Waals surface area contributed by atoms with E-state index in [1.807, 2.05) is 20.8 Å². The van der Waals surface area contributed by atoms with Crippen LogP contribution in [0.4, 0.5) is 0 Å². The Bertz CT molecular complexity index is 375. The van der Waals surface area contributed by atoms with Gasteiger partial charge in [0, 0.05) is 38.4 Å². The van der Waals surface area contributed by atoms with Gasteiger partial charge >= 0.3 is 8.80 Å². The Balaban J connectivity index is 3.93. The smallest absolute Gasteiger partial charge is 0.501 e. The lowest BCUT2D eigenvalue weighted by atomic mass is 10.4. The Hall–Kier alpha value is -1.26. The fourth-order valence-electron chi connectivity index (χ4n) is 2.11. The molecule has 0 spiro atoms. The van der Waals surface area contributed by atoms with E-state index in [1.54, 1.807) is 0 Å². The monoisotopic (exact) mass is 362 g/mol. The molecule has 0 bridgehead atoms. The highest BCUT2D eigenvalue weighted by molar-refractivity contribution is 6.60. The minimum atomic E-state index is -2.56. The largest absolute Gasteiger partial charge is 0.545 e. The number of carboxylic acids is 1. The van der Waals surface area contributed by atoms with E-state index in [2.05, 4.69) is 10.6 Å². The molecule has 3 N–H and O–H groups in total. The third-order valence-corrected chi connectivity index (χ3v) is 6.15. The summed E-state index contributed by atoms with van der Waals surface area (Å²) in [7, 11) is -2.56. The highest BCUT2D eigenvalue weighted by atomic mass is 28.4. The Morgan fingerprint density at radius 3 is 2.12 bits per heavy atom. The molecule has 0 aromatic heterocycles. The van der Waals surface area contributed by atoms with Gasteiger partial charge in [0.15, 0.2) is 0 Å². The van der Waals surface area contributed by atoms with Crippen molar-refractivity contribution in [1.82, 2.24) is 5.32 Å². The van der Waals surface area contributed by atoms with Crippen LogP contribution in [0.1, 0.15) is 27.2 Å². The van der Waals surface area contributed by atoms with Crippen molar-refractivity contribution in [3.8, 4) is 0 Å². The lowest BCUT2D eigenvalue weighted by Crippen LogP contribution is -2.85. The maximum Gasteiger partial charge on any atom is 0.501 e. The number of quaternary nitrogens is 1.